The third kappa shape index (κ3) is 4.01. The lowest BCUT2D eigenvalue weighted by molar-refractivity contribution is -0.157. The number of hydrogen-bond acceptors (Lipinski definition) is 4. The Morgan fingerprint density at radius 1 is 1.12 bits per heavy atom. The first-order chi connectivity index (χ1) is 16.0. The molecule has 0 radical (unpaired) electrons. The van der Waals surface area contributed by atoms with Gasteiger partial charge in [-0.15, -0.1) is 0 Å². The average Bonchev–Trinajstić information content (AvgIpc) is 2.96. The van der Waals surface area contributed by atoms with Crippen molar-refractivity contribution < 1.29 is 14.3 Å². The summed E-state index contributed by atoms with van der Waals surface area (Å²) < 4.78 is 6.00. The van der Waals surface area contributed by atoms with Crippen molar-refractivity contribution in [3.63, 3.8) is 0 Å². The summed E-state index contributed by atoms with van der Waals surface area (Å²) >= 11 is 6.29. The zero-order valence-corrected chi connectivity index (χ0v) is 19.1. The van der Waals surface area contributed by atoms with Crippen LogP contribution < -0.4 is 10.2 Å². The van der Waals surface area contributed by atoms with Gasteiger partial charge in [-0.25, -0.2) is 4.98 Å². The highest BCUT2D eigenvalue weighted by molar-refractivity contribution is 6.30. The Hall–Kier alpha value is -3.22. The fourth-order valence-corrected chi connectivity index (χ4v) is 4.79. The Morgan fingerprint density at radius 2 is 1.94 bits per heavy atom. The van der Waals surface area contributed by atoms with Crippen molar-refractivity contribution in [2.75, 3.05) is 23.4 Å². The number of pyridine rings is 1. The second-order valence-electron chi connectivity index (χ2n) is 8.52. The zero-order chi connectivity index (χ0) is 23.0. The van der Waals surface area contributed by atoms with Gasteiger partial charge >= 0.3 is 0 Å². The molecule has 3 aromatic rings. The molecule has 1 unspecified atom stereocenters. The molecule has 1 spiro atoms. The molecule has 168 valence electrons. The lowest BCUT2D eigenvalue weighted by Gasteiger charge is -2.42. The number of halogens is 1. The van der Waals surface area contributed by atoms with Crippen LogP contribution in [-0.2, 0) is 10.3 Å². The standard InChI is InChI=1S/C26H24ClN3O3/c1-17-5-2-3-6-20(17)24(31)29-23-10-7-18(16-28-23)25(32)30-13-4-11-26(12-14-33-26)21-15-19(27)8-9-22(21)30/h2-3,5-10,15-16H,4,11-14H2,1H3,(H,28,29,31). The Balaban J connectivity index is 1.38. The van der Waals surface area contributed by atoms with E-state index in [9.17, 15) is 9.59 Å². The van der Waals surface area contributed by atoms with E-state index in [2.05, 4.69) is 10.3 Å². The van der Waals surface area contributed by atoms with Crippen LogP contribution in [0.15, 0.2) is 60.8 Å². The van der Waals surface area contributed by atoms with Crippen LogP contribution in [0.1, 0.15) is 51.1 Å². The molecule has 3 heterocycles. The van der Waals surface area contributed by atoms with Gasteiger partial charge in [0, 0.05) is 35.3 Å². The van der Waals surface area contributed by atoms with Crippen molar-refractivity contribution in [1.29, 1.82) is 0 Å². The maximum absolute atomic E-state index is 13.4. The van der Waals surface area contributed by atoms with Gasteiger partial charge in [-0.05, 0) is 61.7 Å². The second kappa shape index (κ2) is 8.61. The highest BCUT2D eigenvalue weighted by atomic mass is 35.5. The molecule has 1 atom stereocenters. The lowest BCUT2D eigenvalue weighted by atomic mass is 9.82. The van der Waals surface area contributed by atoms with Gasteiger partial charge in [0.2, 0.25) is 0 Å². The first-order valence-corrected chi connectivity index (χ1v) is 11.4. The summed E-state index contributed by atoms with van der Waals surface area (Å²) in [5.41, 5.74) is 3.38. The first kappa shape index (κ1) is 21.6. The number of hydrogen-bond donors (Lipinski definition) is 1. The molecule has 5 rings (SSSR count). The number of carbonyl (C=O) groups excluding carboxylic acids is 2. The van der Waals surface area contributed by atoms with Crippen molar-refractivity contribution in [3.05, 3.63) is 88.1 Å². The molecule has 0 saturated carbocycles. The number of aryl methyl sites for hydroxylation is 1. The molecule has 1 aromatic heterocycles. The number of carbonyl (C=O) groups is 2. The minimum absolute atomic E-state index is 0.140. The molecule has 0 aliphatic carbocycles. The predicted octanol–water partition coefficient (Wildman–Crippen LogP) is 5.35. The highest BCUT2D eigenvalue weighted by Gasteiger charge is 2.44. The van der Waals surface area contributed by atoms with Crippen molar-refractivity contribution in [1.82, 2.24) is 4.98 Å². The molecule has 2 aliphatic rings. The molecule has 2 aliphatic heterocycles. The van der Waals surface area contributed by atoms with E-state index < -0.39 is 0 Å². The van der Waals surface area contributed by atoms with Gasteiger partial charge in [-0.3, -0.25) is 9.59 Å². The normalized spacial score (nSPS) is 19.4. The average molecular weight is 462 g/mol. The molecule has 2 aromatic carbocycles. The number of ether oxygens (including phenoxy) is 1. The third-order valence-electron chi connectivity index (χ3n) is 6.47. The molecule has 1 saturated heterocycles. The minimum atomic E-state index is -0.350. The molecule has 6 nitrogen and oxygen atoms in total. The van der Waals surface area contributed by atoms with Crippen LogP contribution in [0.4, 0.5) is 11.5 Å². The van der Waals surface area contributed by atoms with Crippen LogP contribution in [0.2, 0.25) is 5.02 Å². The Kier molecular flexibility index (Phi) is 5.64. The van der Waals surface area contributed by atoms with Gasteiger partial charge in [0.05, 0.1) is 23.5 Å². The Morgan fingerprint density at radius 3 is 2.64 bits per heavy atom. The van der Waals surface area contributed by atoms with Crippen LogP contribution in [-0.4, -0.2) is 29.9 Å². The lowest BCUT2D eigenvalue weighted by Crippen LogP contribution is -2.40. The van der Waals surface area contributed by atoms with Gasteiger partial charge < -0.3 is 15.0 Å². The smallest absolute Gasteiger partial charge is 0.259 e. The minimum Gasteiger partial charge on any atom is -0.370 e. The molecule has 7 heteroatoms. The number of rotatable bonds is 3. The summed E-state index contributed by atoms with van der Waals surface area (Å²) in [6.07, 6.45) is 4.12. The van der Waals surface area contributed by atoms with Gasteiger partial charge in [0.25, 0.3) is 11.8 Å². The number of nitrogens with zero attached hydrogens (tertiary/aromatic N) is 2. The number of nitrogens with one attached hydrogen (secondary N) is 1. The van der Waals surface area contributed by atoms with E-state index in [1.165, 1.54) is 6.20 Å². The van der Waals surface area contributed by atoms with Gasteiger partial charge in [0.15, 0.2) is 0 Å². The van der Waals surface area contributed by atoms with Gasteiger partial charge in [-0.1, -0.05) is 29.8 Å². The van der Waals surface area contributed by atoms with Crippen LogP contribution in [0.5, 0.6) is 0 Å². The molecule has 1 N–H and O–H groups in total. The summed E-state index contributed by atoms with van der Waals surface area (Å²) in [4.78, 5) is 32.1. The van der Waals surface area contributed by atoms with E-state index in [0.717, 1.165) is 42.7 Å². The Labute approximate surface area is 197 Å². The predicted molar refractivity (Wildman–Crippen MR) is 128 cm³/mol. The van der Waals surface area contributed by atoms with Gasteiger partial charge in [0.1, 0.15) is 5.82 Å². The molecular formula is C26H24ClN3O3. The molecular weight excluding hydrogens is 438 g/mol. The molecule has 0 bridgehead atoms. The summed E-state index contributed by atoms with van der Waals surface area (Å²) in [5.74, 6) is 0.0210. The fourth-order valence-electron chi connectivity index (χ4n) is 4.62. The number of fused-ring (bicyclic) bond motifs is 2. The summed E-state index contributed by atoms with van der Waals surface area (Å²) in [6, 6.07) is 16.3. The van der Waals surface area contributed by atoms with Crippen LogP contribution in [0, 0.1) is 6.92 Å². The first-order valence-electron chi connectivity index (χ1n) is 11.1. The van der Waals surface area contributed by atoms with E-state index in [1.807, 2.05) is 37.3 Å². The number of anilines is 2. The van der Waals surface area contributed by atoms with E-state index >= 15 is 0 Å². The number of amides is 2. The fraction of sp³-hybridized carbons (Fsp3) is 0.269. The van der Waals surface area contributed by atoms with Crippen LogP contribution in [0.3, 0.4) is 0 Å². The van der Waals surface area contributed by atoms with E-state index in [0.29, 0.717) is 28.5 Å². The van der Waals surface area contributed by atoms with Crippen molar-refractivity contribution >= 4 is 34.9 Å². The van der Waals surface area contributed by atoms with Crippen LogP contribution in [0.25, 0.3) is 0 Å². The van der Waals surface area contributed by atoms with Crippen molar-refractivity contribution in [2.45, 2.75) is 31.8 Å². The zero-order valence-electron chi connectivity index (χ0n) is 18.3. The van der Waals surface area contributed by atoms with E-state index in [-0.39, 0.29) is 17.4 Å². The van der Waals surface area contributed by atoms with E-state index in [1.54, 1.807) is 29.2 Å². The number of benzene rings is 2. The monoisotopic (exact) mass is 461 g/mol. The summed E-state index contributed by atoms with van der Waals surface area (Å²) in [7, 11) is 0. The maximum atomic E-state index is 13.4. The third-order valence-corrected chi connectivity index (χ3v) is 6.71. The Bertz CT molecular complexity index is 1220. The highest BCUT2D eigenvalue weighted by Crippen LogP contribution is 2.48. The topological polar surface area (TPSA) is 71.5 Å². The molecule has 2 amide bonds. The largest absolute Gasteiger partial charge is 0.370 e. The molecule has 33 heavy (non-hydrogen) atoms. The second-order valence-corrected chi connectivity index (χ2v) is 8.95. The maximum Gasteiger partial charge on any atom is 0.259 e. The number of aromatic nitrogens is 1. The quantitative estimate of drug-likeness (QED) is 0.570. The van der Waals surface area contributed by atoms with Gasteiger partial charge in [-0.2, -0.15) is 0 Å². The van der Waals surface area contributed by atoms with E-state index in [4.69, 9.17) is 16.3 Å². The SMILES string of the molecule is Cc1ccccc1C(=O)Nc1ccc(C(=O)N2CCCC3(CCO3)c3cc(Cl)ccc32)cn1. The summed E-state index contributed by atoms with van der Waals surface area (Å²) in [6.45, 7) is 3.19. The summed E-state index contributed by atoms with van der Waals surface area (Å²) in [5, 5.41) is 3.43. The van der Waals surface area contributed by atoms with Crippen molar-refractivity contribution in [3.8, 4) is 0 Å². The van der Waals surface area contributed by atoms with Crippen molar-refractivity contribution in [2.24, 2.45) is 0 Å². The molecule has 1 fully saturated rings. The van der Waals surface area contributed by atoms with Crippen LogP contribution >= 0.6 is 11.6 Å².